The number of carbonyl (C=O) groups is 1. The molecule has 0 bridgehead atoms. The fourth-order valence-corrected chi connectivity index (χ4v) is 5.45. The summed E-state index contributed by atoms with van der Waals surface area (Å²) in [6, 6.07) is 6.28. The highest BCUT2D eigenvalue weighted by Gasteiger charge is 2.19. The van der Waals surface area contributed by atoms with Crippen LogP contribution in [0.15, 0.2) is 40.7 Å². The third kappa shape index (κ3) is 6.82. The average Bonchev–Trinajstić information content (AvgIpc) is 3.17. The summed E-state index contributed by atoms with van der Waals surface area (Å²) in [5.74, 6) is 0.0730. The number of rotatable bonds is 5. The predicted octanol–water partition coefficient (Wildman–Crippen LogP) is 5.41. The van der Waals surface area contributed by atoms with Crippen molar-refractivity contribution in [1.29, 1.82) is 0 Å². The Bertz CT molecular complexity index is 853. The smallest absolute Gasteiger partial charge is 0.263 e. The minimum absolute atomic E-state index is 0.0306. The maximum atomic E-state index is 12.8. The third-order valence-electron chi connectivity index (χ3n) is 5.31. The second kappa shape index (κ2) is 10.7. The van der Waals surface area contributed by atoms with Crippen LogP contribution in [0.2, 0.25) is 0 Å². The number of amides is 1. The van der Waals surface area contributed by atoms with E-state index in [2.05, 4.69) is 15.0 Å². The Hall–Kier alpha value is -1.93. The van der Waals surface area contributed by atoms with E-state index < -0.39 is 10.0 Å². The summed E-state index contributed by atoms with van der Waals surface area (Å²) in [7, 11) is -3.68. The van der Waals surface area contributed by atoms with Gasteiger partial charge in [-0.05, 0) is 37.1 Å². The number of nitrogens with zero attached hydrogens (tertiary/aromatic N) is 1. The molecule has 0 spiro atoms. The molecule has 0 unspecified atom stereocenters. The van der Waals surface area contributed by atoms with E-state index in [0.717, 1.165) is 25.7 Å². The van der Waals surface area contributed by atoms with Gasteiger partial charge < -0.3 is 5.32 Å². The molecule has 1 heterocycles. The van der Waals surface area contributed by atoms with E-state index in [1.54, 1.807) is 23.7 Å². The van der Waals surface area contributed by atoms with Crippen LogP contribution in [0.4, 0.5) is 10.8 Å². The first kappa shape index (κ1) is 21.8. The molecule has 1 saturated carbocycles. The lowest BCUT2D eigenvalue weighted by Gasteiger charge is -2.16. The molecule has 1 fully saturated rings. The first-order valence-corrected chi connectivity index (χ1v) is 12.7. The van der Waals surface area contributed by atoms with Gasteiger partial charge in [-0.25, -0.2) is 13.4 Å². The molecule has 1 aromatic carbocycles. The number of anilines is 2. The number of aromatic nitrogens is 1. The van der Waals surface area contributed by atoms with E-state index in [1.165, 1.54) is 62.0 Å². The van der Waals surface area contributed by atoms with Crippen LogP contribution in [0.5, 0.6) is 0 Å². The molecule has 0 radical (unpaired) electrons. The van der Waals surface area contributed by atoms with E-state index in [4.69, 9.17) is 0 Å². The largest absolute Gasteiger partial charge is 0.326 e. The van der Waals surface area contributed by atoms with Crippen LogP contribution >= 0.6 is 11.3 Å². The first-order chi connectivity index (χ1) is 14.0. The number of thiazole rings is 1. The van der Waals surface area contributed by atoms with Crippen molar-refractivity contribution in [2.75, 3.05) is 10.0 Å². The molecule has 1 aromatic heterocycles. The van der Waals surface area contributed by atoms with Crippen molar-refractivity contribution in [3.63, 3.8) is 0 Å². The van der Waals surface area contributed by atoms with E-state index >= 15 is 0 Å². The van der Waals surface area contributed by atoms with Gasteiger partial charge in [0.05, 0.1) is 4.90 Å². The van der Waals surface area contributed by atoms with Gasteiger partial charge in [-0.15, -0.1) is 11.3 Å². The molecule has 29 heavy (non-hydrogen) atoms. The van der Waals surface area contributed by atoms with Crippen LogP contribution in [0.3, 0.4) is 0 Å². The minimum Gasteiger partial charge on any atom is -0.326 e. The minimum atomic E-state index is -3.68. The lowest BCUT2D eigenvalue weighted by Crippen LogP contribution is -2.23. The Morgan fingerprint density at radius 1 is 0.931 bits per heavy atom. The number of nitrogens with one attached hydrogen (secondary N) is 2. The number of hydrogen-bond acceptors (Lipinski definition) is 5. The van der Waals surface area contributed by atoms with Gasteiger partial charge in [0, 0.05) is 23.2 Å². The predicted molar refractivity (Wildman–Crippen MR) is 118 cm³/mol. The zero-order valence-electron chi connectivity index (χ0n) is 16.6. The monoisotopic (exact) mass is 435 g/mol. The zero-order chi connectivity index (χ0) is 20.5. The van der Waals surface area contributed by atoms with Crippen LogP contribution in [0.1, 0.15) is 64.2 Å². The first-order valence-electron chi connectivity index (χ1n) is 10.4. The molecular weight excluding hydrogens is 406 g/mol. The van der Waals surface area contributed by atoms with Gasteiger partial charge >= 0.3 is 0 Å². The molecule has 0 atom stereocenters. The molecular formula is C21H29N3O3S2. The zero-order valence-corrected chi connectivity index (χ0v) is 18.2. The van der Waals surface area contributed by atoms with Gasteiger partial charge in [0.25, 0.3) is 10.0 Å². The Labute approximate surface area is 177 Å². The van der Waals surface area contributed by atoms with Crippen LogP contribution in [-0.4, -0.2) is 19.3 Å². The Morgan fingerprint density at radius 3 is 2.07 bits per heavy atom. The number of sulfonamides is 1. The van der Waals surface area contributed by atoms with Gasteiger partial charge in [-0.2, -0.15) is 0 Å². The van der Waals surface area contributed by atoms with Gasteiger partial charge in [-0.1, -0.05) is 51.4 Å². The number of carbonyl (C=O) groups excluding carboxylic acids is 1. The number of hydrogen-bond donors (Lipinski definition) is 2. The lowest BCUT2D eigenvalue weighted by molar-refractivity contribution is -0.120. The van der Waals surface area contributed by atoms with Crippen molar-refractivity contribution in [3.8, 4) is 0 Å². The van der Waals surface area contributed by atoms with Crippen molar-refractivity contribution in [3.05, 3.63) is 35.8 Å². The lowest BCUT2D eigenvalue weighted by atomic mass is 9.94. The standard InChI is InChI=1S/C21H29N3O3S2/c25-20(17-9-7-5-3-1-2-4-6-8-10-17)23-18-11-13-19(14-12-18)29(26,27)24-21-22-15-16-28-21/h11-17H,1-10H2,(H,22,24)(H,23,25). The maximum absolute atomic E-state index is 12.8. The molecule has 0 saturated heterocycles. The highest BCUT2D eigenvalue weighted by molar-refractivity contribution is 7.93. The van der Waals surface area contributed by atoms with Crippen molar-refractivity contribution >= 4 is 38.1 Å². The van der Waals surface area contributed by atoms with Crippen molar-refractivity contribution in [2.24, 2.45) is 5.92 Å². The Kier molecular flexibility index (Phi) is 8.06. The molecule has 0 aliphatic heterocycles. The van der Waals surface area contributed by atoms with Crippen molar-refractivity contribution < 1.29 is 13.2 Å². The van der Waals surface area contributed by atoms with E-state index in [9.17, 15) is 13.2 Å². The quantitative estimate of drug-likeness (QED) is 0.657. The summed E-state index contributed by atoms with van der Waals surface area (Å²) in [5, 5.41) is 5.00. The van der Waals surface area contributed by atoms with Crippen LogP contribution in [0.25, 0.3) is 0 Å². The van der Waals surface area contributed by atoms with Gasteiger partial charge in [-0.3, -0.25) is 9.52 Å². The highest BCUT2D eigenvalue weighted by Crippen LogP contribution is 2.24. The molecule has 1 amide bonds. The van der Waals surface area contributed by atoms with E-state index in [-0.39, 0.29) is 16.7 Å². The summed E-state index contributed by atoms with van der Waals surface area (Å²) in [6.45, 7) is 0. The Morgan fingerprint density at radius 2 is 1.52 bits per heavy atom. The third-order valence-corrected chi connectivity index (χ3v) is 7.48. The fourth-order valence-electron chi connectivity index (χ4n) is 3.66. The van der Waals surface area contributed by atoms with Gasteiger partial charge in [0.15, 0.2) is 5.13 Å². The van der Waals surface area contributed by atoms with Gasteiger partial charge in [0.1, 0.15) is 0 Å². The second-order valence-corrected chi connectivity index (χ2v) is 10.1. The normalized spacial score (nSPS) is 17.2. The fraction of sp³-hybridized carbons (Fsp3) is 0.524. The Balaban J connectivity index is 1.59. The molecule has 1 aliphatic rings. The summed E-state index contributed by atoms with van der Waals surface area (Å²) >= 11 is 1.22. The van der Waals surface area contributed by atoms with Gasteiger partial charge in [0.2, 0.25) is 5.91 Å². The number of benzene rings is 1. The maximum Gasteiger partial charge on any atom is 0.263 e. The summed E-state index contributed by atoms with van der Waals surface area (Å²) in [6.07, 6.45) is 13.1. The SMILES string of the molecule is O=C(Nc1ccc(S(=O)(=O)Nc2nccs2)cc1)C1CCCCCCCCCC1. The molecule has 2 N–H and O–H groups in total. The van der Waals surface area contributed by atoms with Crippen molar-refractivity contribution in [2.45, 2.75) is 69.1 Å². The van der Waals surface area contributed by atoms with Crippen LogP contribution in [-0.2, 0) is 14.8 Å². The molecule has 6 nitrogen and oxygen atoms in total. The highest BCUT2D eigenvalue weighted by atomic mass is 32.2. The van der Waals surface area contributed by atoms with Crippen LogP contribution < -0.4 is 10.0 Å². The molecule has 158 valence electrons. The second-order valence-electron chi connectivity index (χ2n) is 7.56. The summed E-state index contributed by atoms with van der Waals surface area (Å²) in [4.78, 5) is 16.8. The molecule has 2 aromatic rings. The molecule has 8 heteroatoms. The molecule has 3 rings (SSSR count). The topological polar surface area (TPSA) is 88.2 Å². The van der Waals surface area contributed by atoms with E-state index in [1.807, 2.05) is 0 Å². The van der Waals surface area contributed by atoms with Crippen molar-refractivity contribution in [1.82, 2.24) is 4.98 Å². The molecule has 1 aliphatic carbocycles. The van der Waals surface area contributed by atoms with E-state index in [0.29, 0.717) is 10.8 Å². The van der Waals surface area contributed by atoms with Crippen LogP contribution in [0, 0.1) is 5.92 Å². The summed E-state index contributed by atoms with van der Waals surface area (Å²) in [5.41, 5.74) is 0.623. The summed E-state index contributed by atoms with van der Waals surface area (Å²) < 4.78 is 27.3. The average molecular weight is 436 g/mol.